The second kappa shape index (κ2) is 6.42. The SMILES string of the molecule is Cc1cccc(/C=C2\SC(=Nc3c(C)cccc3C)NC2=O)c1. The van der Waals surface area contributed by atoms with Gasteiger partial charge in [0.1, 0.15) is 0 Å². The molecule has 23 heavy (non-hydrogen) atoms. The minimum absolute atomic E-state index is 0.0958. The zero-order valence-electron chi connectivity index (χ0n) is 13.4. The van der Waals surface area contributed by atoms with Crippen LogP contribution in [0.15, 0.2) is 52.4 Å². The van der Waals surface area contributed by atoms with E-state index in [1.54, 1.807) is 0 Å². The number of para-hydroxylation sites is 1. The molecule has 0 aromatic heterocycles. The molecule has 2 aromatic rings. The lowest BCUT2D eigenvalue weighted by molar-refractivity contribution is -0.115. The number of nitrogens with one attached hydrogen (secondary N) is 1. The van der Waals surface area contributed by atoms with Crippen molar-refractivity contribution in [2.24, 2.45) is 4.99 Å². The Morgan fingerprint density at radius 1 is 1.04 bits per heavy atom. The average molecular weight is 322 g/mol. The molecule has 3 nitrogen and oxygen atoms in total. The molecule has 0 atom stereocenters. The van der Waals surface area contributed by atoms with Crippen molar-refractivity contribution in [1.82, 2.24) is 5.32 Å². The van der Waals surface area contributed by atoms with Crippen LogP contribution in [0.5, 0.6) is 0 Å². The van der Waals surface area contributed by atoms with Crippen LogP contribution >= 0.6 is 11.8 Å². The molecule has 0 radical (unpaired) electrons. The van der Waals surface area contributed by atoms with E-state index in [4.69, 9.17) is 0 Å². The van der Waals surface area contributed by atoms with Gasteiger partial charge in [0.15, 0.2) is 5.17 Å². The zero-order chi connectivity index (χ0) is 16.4. The van der Waals surface area contributed by atoms with E-state index in [9.17, 15) is 4.79 Å². The fraction of sp³-hybridized carbons (Fsp3) is 0.158. The number of nitrogens with zero attached hydrogens (tertiary/aromatic N) is 1. The van der Waals surface area contributed by atoms with Gasteiger partial charge in [-0.15, -0.1) is 0 Å². The third-order valence-electron chi connectivity index (χ3n) is 3.64. The minimum atomic E-state index is -0.0958. The van der Waals surface area contributed by atoms with Gasteiger partial charge in [0.05, 0.1) is 10.6 Å². The Balaban J connectivity index is 1.89. The zero-order valence-corrected chi connectivity index (χ0v) is 14.2. The summed E-state index contributed by atoms with van der Waals surface area (Å²) in [5.74, 6) is -0.0958. The molecular formula is C19H18N2OS. The Morgan fingerprint density at radius 2 is 1.74 bits per heavy atom. The lowest BCUT2D eigenvalue weighted by atomic mass is 10.1. The van der Waals surface area contributed by atoms with E-state index in [0.717, 1.165) is 22.4 Å². The van der Waals surface area contributed by atoms with Gasteiger partial charge in [-0.2, -0.15) is 0 Å². The van der Waals surface area contributed by atoms with Crippen LogP contribution in [0.3, 0.4) is 0 Å². The predicted octanol–water partition coefficient (Wildman–Crippen LogP) is 4.50. The Kier molecular flexibility index (Phi) is 4.35. The molecule has 0 unspecified atom stereocenters. The highest BCUT2D eigenvalue weighted by Gasteiger charge is 2.24. The fourth-order valence-corrected chi connectivity index (χ4v) is 3.30. The Hall–Kier alpha value is -2.33. The maximum absolute atomic E-state index is 12.2. The first kappa shape index (κ1) is 15.6. The van der Waals surface area contributed by atoms with Crippen LogP contribution in [0.1, 0.15) is 22.3 Å². The van der Waals surface area contributed by atoms with Crippen LogP contribution in [-0.4, -0.2) is 11.1 Å². The van der Waals surface area contributed by atoms with Gasteiger partial charge in [0.25, 0.3) is 5.91 Å². The van der Waals surface area contributed by atoms with Crippen LogP contribution in [0.2, 0.25) is 0 Å². The second-order valence-electron chi connectivity index (χ2n) is 5.64. The predicted molar refractivity (Wildman–Crippen MR) is 97.9 cm³/mol. The lowest BCUT2D eigenvalue weighted by Crippen LogP contribution is -2.19. The van der Waals surface area contributed by atoms with E-state index in [0.29, 0.717) is 10.1 Å². The third kappa shape index (κ3) is 3.54. The van der Waals surface area contributed by atoms with Gasteiger partial charge in [-0.25, -0.2) is 4.99 Å². The summed E-state index contributed by atoms with van der Waals surface area (Å²) >= 11 is 1.38. The van der Waals surface area contributed by atoms with E-state index >= 15 is 0 Å². The number of hydrogen-bond acceptors (Lipinski definition) is 3. The highest BCUT2D eigenvalue weighted by Crippen LogP contribution is 2.30. The number of amides is 1. The first-order valence-corrected chi connectivity index (χ1v) is 8.27. The fourth-order valence-electron chi connectivity index (χ4n) is 2.48. The highest BCUT2D eigenvalue weighted by atomic mass is 32.2. The number of carbonyl (C=O) groups is 1. The first-order valence-electron chi connectivity index (χ1n) is 7.45. The normalized spacial score (nSPS) is 17.8. The van der Waals surface area contributed by atoms with Crippen LogP contribution in [-0.2, 0) is 4.79 Å². The average Bonchev–Trinajstić information content (AvgIpc) is 2.83. The molecule has 1 saturated heterocycles. The molecule has 0 spiro atoms. The molecule has 0 saturated carbocycles. The second-order valence-corrected chi connectivity index (χ2v) is 6.67. The number of aryl methyl sites for hydroxylation is 3. The molecule has 0 aliphatic carbocycles. The van der Waals surface area contributed by atoms with Crippen molar-refractivity contribution in [3.63, 3.8) is 0 Å². The van der Waals surface area contributed by atoms with Crippen LogP contribution < -0.4 is 5.32 Å². The largest absolute Gasteiger partial charge is 0.300 e. The summed E-state index contributed by atoms with van der Waals surface area (Å²) in [6.07, 6.45) is 1.90. The van der Waals surface area contributed by atoms with Gasteiger partial charge in [0, 0.05) is 0 Å². The summed E-state index contributed by atoms with van der Waals surface area (Å²) in [5, 5.41) is 3.48. The van der Waals surface area contributed by atoms with Crippen molar-refractivity contribution >= 4 is 34.6 Å². The number of thioether (sulfide) groups is 1. The number of benzene rings is 2. The summed E-state index contributed by atoms with van der Waals surface area (Å²) in [7, 11) is 0. The highest BCUT2D eigenvalue weighted by molar-refractivity contribution is 8.18. The molecule has 3 rings (SSSR count). The number of carbonyl (C=O) groups excluding carboxylic acids is 1. The van der Waals surface area contributed by atoms with Crippen LogP contribution in [0, 0.1) is 20.8 Å². The van der Waals surface area contributed by atoms with Crippen LogP contribution in [0.4, 0.5) is 5.69 Å². The Bertz CT molecular complexity index is 817. The van der Waals surface area contributed by atoms with E-state index < -0.39 is 0 Å². The maximum Gasteiger partial charge on any atom is 0.264 e. The molecule has 4 heteroatoms. The van der Waals surface area contributed by atoms with E-state index in [-0.39, 0.29) is 5.91 Å². The number of rotatable bonds is 2. The van der Waals surface area contributed by atoms with Gasteiger partial charge >= 0.3 is 0 Å². The van der Waals surface area contributed by atoms with Gasteiger partial charge in [0.2, 0.25) is 0 Å². The Morgan fingerprint density at radius 3 is 2.43 bits per heavy atom. The maximum atomic E-state index is 12.2. The molecule has 2 aromatic carbocycles. The van der Waals surface area contributed by atoms with Crippen molar-refractivity contribution in [2.75, 3.05) is 0 Å². The molecule has 116 valence electrons. The summed E-state index contributed by atoms with van der Waals surface area (Å²) in [6, 6.07) is 14.1. The smallest absolute Gasteiger partial charge is 0.264 e. The molecule has 0 bridgehead atoms. The van der Waals surface area contributed by atoms with Crippen LogP contribution in [0.25, 0.3) is 6.08 Å². The van der Waals surface area contributed by atoms with Crippen molar-refractivity contribution in [2.45, 2.75) is 20.8 Å². The summed E-state index contributed by atoms with van der Waals surface area (Å²) in [5.41, 5.74) is 5.32. The minimum Gasteiger partial charge on any atom is -0.300 e. The van der Waals surface area contributed by atoms with Crippen molar-refractivity contribution in [3.8, 4) is 0 Å². The third-order valence-corrected chi connectivity index (χ3v) is 4.55. The number of hydrogen-bond donors (Lipinski definition) is 1. The summed E-state index contributed by atoms with van der Waals surface area (Å²) in [4.78, 5) is 17.4. The summed E-state index contributed by atoms with van der Waals surface area (Å²) in [6.45, 7) is 6.09. The van der Waals surface area contributed by atoms with Gasteiger partial charge in [-0.1, -0.05) is 48.0 Å². The van der Waals surface area contributed by atoms with Crippen molar-refractivity contribution in [1.29, 1.82) is 0 Å². The molecular weight excluding hydrogens is 304 g/mol. The van der Waals surface area contributed by atoms with E-state index in [2.05, 4.69) is 16.4 Å². The van der Waals surface area contributed by atoms with E-state index in [1.165, 1.54) is 17.3 Å². The standard InChI is InChI=1S/C19H18N2OS/c1-12-6-4-9-15(10-12)11-16-18(22)21-19(23-16)20-17-13(2)7-5-8-14(17)3/h4-11H,1-3H3,(H,20,21,22)/b16-11-. The van der Waals surface area contributed by atoms with Crippen molar-refractivity contribution in [3.05, 3.63) is 69.6 Å². The molecule has 1 amide bonds. The molecule has 1 aliphatic heterocycles. The molecule has 1 aliphatic rings. The lowest BCUT2D eigenvalue weighted by Gasteiger charge is -2.04. The molecule has 1 fully saturated rings. The number of amidine groups is 1. The molecule has 1 heterocycles. The van der Waals surface area contributed by atoms with Crippen molar-refractivity contribution < 1.29 is 4.79 Å². The summed E-state index contributed by atoms with van der Waals surface area (Å²) < 4.78 is 0. The topological polar surface area (TPSA) is 41.5 Å². The van der Waals surface area contributed by atoms with Gasteiger partial charge < -0.3 is 5.32 Å². The molecule has 1 N–H and O–H groups in total. The quantitative estimate of drug-likeness (QED) is 0.827. The van der Waals surface area contributed by atoms with Gasteiger partial charge in [-0.3, -0.25) is 4.79 Å². The van der Waals surface area contributed by atoms with E-state index in [1.807, 2.05) is 63.2 Å². The number of aliphatic imine (C=N–C) groups is 1. The monoisotopic (exact) mass is 322 g/mol. The van der Waals surface area contributed by atoms with Gasteiger partial charge in [-0.05, 0) is 55.3 Å². The Labute approximate surface area is 140 Å². The first-order chi connectivity index (χ1) is 11.0.